The highest BCUT2D eigenvalue weighted by molar-refractivity contribution is 6.30. The van der Waals surface area contributed by atoms with Gasteiger partial charge in [-0.3, -0.25) is 14.9 Å². The molecule has 0 radical (unpaired) electrons. The highest BCUT2D eigenvalue weighted by Crippen LogP contribution is 2.26. The van der Waals surface area contributed by atoms with E-state index in [9.17, 15) is 14.4 Å². The van der Waals surface area contributed by atoms with Crippen molar-refractivity contribution in [3.8, 4) is 0 Å². The van der Waals surface area contributed by atoms with E-state index in [0.29, 0.717) is 34.9 Å². The van der Waals surface area contributed by atoms with Crippen molar-refractivity contribution in [1.29, 1.82) is 0 Å². The summed E-state index contributed by atoms with van der Waals surface area (Å²) in [5.74, 6) is -0.446. The molecule has 0 aliphatic carbocycles. The number of benzene rings is 3. The van der Waals surface area contributed by atoms with Crippen LogP contribution < -0.4 is 15.5 Å². The summed E-state index contributed by atoms with van der Waals surface area (Å²) >= 11 is 5.88. The van der Waals surface area contributed by atoms with Gasteiger partial charge in [-0.05, 0) is 55.3 Å². The quantitative estimate of drug-likeness (QED) is 0.470. The summed E-state index contributed by atoms with van der Waals surface area (Å²) in [5.41, 5.74) is 2.23. The maximum absolute atomic E-state index is 13.2. The molecule has 0 bridgehead atoms. The Morgan fingerprint density at radius 3 is 2.38 bits per heavy atom. The number of nitrogens with zero attached hydrogens (tertiary/aromatic N) is 1. The standard InChI is InChI=1S/C26H24ClN3O4/c27-19-12-14-20(15-13-19)29-26(33)34-24(18-7-2-1-3-8-18)25(32)28-21-9-6-10-22(17-21)30-16-5-4-11-23(30)31/h1-3,6-10,12-15,17,24H,4-5,11,16H2,(H,28,32)(H,29,33). The predicted octanol–water partition coefficient (Wildman–Crippen LogP) is 5.79. The summed E-state index contributed by atoms with van der Waals surface area (Å²) in [7, 11) is 0. The fraction of sp³-hybridized carbons (Fsp3) is 0.192. The molecular weight excluding hydrogens is 454 g/mol. The van der Waals surface area contributed by atoms with E-state index in [4.69, 9.17) is 16.3 Å². The summed E-state index contributed by atoms with van der Waals surface area (Å²) in [6.07, 6.45) is 0.380. The third-order valence-corrected chi connectivity index (χ3v) is 5.66. The molecule has 4 rings (SSSR count). The van der Waals surface area contributed by atoms with Gasteiger partial charge in [0.15, 0.2) is 0 Å². The Bertz CT molecular complexity index is 1170. The molecule has 3 aromatic carbocycles. The number of nitrogens with one attached hydrogen (secondary N) is 2. The van der Waals surface area contributed by atoms with E-state index < -0.39 is 18.1 Å². The van der Waals surface area contributed by atoms with Gasteiger partial charge in [-0.1, -0.05) is 48.0 Å². The number of ether oxygens (including phenoxy) is 1. The molecule has 1 fully saturated rings. The van der Waals surface area contributed by atoms with Crippen LogP contribution in [0, 0.1) is 0 Å². The highest BCUT2D eigenvalue weighted by atomic mass is 35.5. The van der Waals surface area contributed by atoms with Crippen LogP contribution in [-0.2, 0) is 14.3 Å². The van der Waals surface area contributed by atoms with Crippen LogP contribution in [0.4, 0.5) is 21.9 Å². The minimum Gasteiger partial charge on any atom is -0.431 e. The number of amides is 3. The van der Waals surface area contributed by atoms with Crippen molar-refractivity contribution in [2.75, 3.05) is 22.1 Å². The van der Waals surface area contributed by atoms with Gasteiger partial charge in [-0.2, -0.15) is 0 Å². The fourth-order valence-electron chi connectivity index (χ4n) is 3.73. The minimum atomic E-state index is -1.19. The lowest BCUT2D eigenvalue weighted by molar-refractivity contribution is -0.124. The Balaban J connectivity index is 1.50. The minimum absolute atomic E-state index is 0.0686. The first-order valence-corrected chi connectivity index (χ1v) is 11.4. The topological polar surface area (TPSA) is 87.7 Å². The third kappa shape index (κ3) is 5.94. The number of piperidine rings is 1. The molecule has 0 spiro atoms. The van der Waals surface area contributed by atoms with E-state index in [1.165, 1.54) is 0 Å². The summed E-state index contributed by atoms with van der Waals surface area (Å²) in [6.45, 7) is 0.650. The summed E-state index contributed by atoms with van der Waals surface area (Å²) < 4.78 is 5.51. The normalized spacial score (nSPS) is 14.3. The lowest BCUT2D eigenvalue weighted by Crippen LogP contribution is -2.35. The molecule has 8 heteroatoms. The van der Waals surface area contributed by atoms with Gasteiger partial charge in [-0.25, -0.2) is 4.79 Å². The molecule has 1 atom stereocenters. The van der Waals surface area contributed by atoms with Crippen molar-refractivity contribution in [3.63, 3.8) is 0 Å². The first-order valence-electron chi connectivity index (χ1n) is 11.0. The van der Waals surface area contributed by atoms with E-state index in [2.05, 4.69) is 10.6 Å². The number of carbonyl (C=O) groups is 3. The van der Waals surface area contributed by atoms with Gasteiger partial charge in [0.25, 0.3) is 5.91 Å². The van der Waals surface area contributed by atoms with Crippen LogP contribution in [0.25, 0.3) is 0 Å². The van der Waals surface area contributed by atoms with Crippen LogP contribution in [0.15, 0.2) is 78.9 Å². The molecule has 1 aliphatic rings. The van der Waals surface area contributed by atoms with Crippen LogP contribution >= 0.6 is 11.6 Å². The van der Waals surface area contributed by atoms with Crippen molar-refractivity contribution in [3.05, 3.63) is 89.4 Å². The van der Waals surface area contributed by atoms with Crippen molar-refractivity contribution < 1.29 is 19.1 Å². The van der Waals surface area contributed by atoms with E-state index in [1.54, 1.807) is 71.6 Å². The van der Waals surface area contributed by atoms with Gasteiger partial charge in [-0.15, -0.1) is 0 Å². The van der Waals surface area contributed by atoms with Crippen LogP contribution in [-0.4, -0.2) is 24.5 Å². The van der Waals surface area contributed by atoms with Crippen LogP contribution in [0.3, 0.4) is 0 Å². The molecule has 1 saturated heterocycles. The van der Waals surface area contributed by atoms with Crippen molar-refractivity contribution in [1.82, 2.24) is 0 Å². The number of carbonyl (C=O) groups excluding carboxylic acids is 3. The number of hydrogen-bond acceptors (Lipinski definition) is 4. The molecule has 34 heavy (non-hydrogen) atoms. The zero-order chi connectivity index (χ0) is 23.9. The van der Waals surface area contributed by atoms with Gasteiger partial charge in [0, 0.05) is 40.6 Å². The zero-order valence-corrected chi connectivity index (χ0v) is 19.1. The largest absolute Gasteiger partial charge is 0.431 e. The average Bonchev–Trinajstić information content (AvgIpc) is 2.85. The molecule has 3 amide bonds. The van der Waals surface area contributed by atoms with Gasteiger partial charge in [0.2, 0.25) is 12.0 Å². The van der Waals surface area contributed by atoms with Gasteiger partial charge in [0.05, 0.1) is 0 Å². The zero-order valence-electron chi connectivity index (χ0n) is 18.4. The smallest absolute Gasteiger partial charge is 0.412 e. The maximum Gasteiger partial charge on any atom is 0.412 e. The molecule has 174 valence electrons. The van der Waals surface area contributed by atoms with Crippen molar-refractivity contribution in [2.24, 2.45) is 0 Å². The van der Waals surface area contributed by atoms with Crippen LogP contribution in [0.1, 0.15) is 30.9 Å². The lowest BCUT2D eigenvalue weighted by atomic mass is 10.1. The molecule has 0 aromatic heterocycles. The number of rotatable bonds is 6. The Hall–Kier alpha value is -3.84. The van der Waals surface area contributed by atoms with E-state index >= 15 is 0 Å². The van der Waals surface area contributed by atoms with Gasteiger partial charge >= 0.3 is 6.09 Å². The molecule has 2 N–H and O–H groups in total. The molecule has 7 nitrogen and oxygen atoms in total. The summed E-state index contributed by atoms with van der Waals surface area (Å²) in [5, 5.41) is 5.95. The van der Waals surface area contributed by atoms with E-state index in [0.717, 1.165) is 18.5 Å². The van der Waals surface area contributed by atoms with Crippen LogP contribution in [0.2, 0.25) is 5.02 Å². The molecule has 1 heterocycles. The molecule has 3 aromatic rings. The Kier molecular flexibility index (Phi) is 7.44. The van der Waals surface area contributed by atoms with Crippen LogP contribution in [0.5, 0.6) is 0 Å². The van der Waals surface area contributed by atoms with E-state index in [1.807, 2.05) is 12.1 Å². The second-order valence-electron chi connectivity index (χ2n) is 7.87. The fourth-order valence-corrected chi connectivity index (χ4v) is 3.85. The average molecular weight is 478 g/mol. The SMILES string of the molecule is O=C(Nc1ccc(Cl)cc1)OC(C(=O)Nc1cccc(N2CCCCC2=O)c1)c1ccccc1. The highest BCUT2D eigenvalue weighted by Gasteiger charge is 2.26. The first-order chi connectivity index (χ1) is 16.5. The van der Waals surface area contributed by atoms with Gasteiger partial charge in [0.1, 0.15) is 0 Å². The van der Waals surface area contributed by atoms with E-state index in [-0.39, 0.29) is 5.91 Å². The Labute approximate surface area is 202 Å². The monoisotopic (exact) mass is 477 g/mol. The summed E-state index contributed by atoms with van der Waals surface area (Å²) in [6, 6.07) is 22.4. The second kappa shape index (κ2) is 10.9. The number of anilines is 3. The Morgan fingerprint density at radius 2 is 1.65 bits per heavy atom. The predicted molar refractivity (Wildman–Crippen MR) is 132 cm³/mol. The molecule has 1 unspecified atom stereocenters. The summed E-state index contributed by atoms with van der Waals surface area (Å²) in [4.78, 5) is 39.7. The molecule has 0 saturated carbocycles. The molecule has 1 aliphatic heterocycles. The lowest BCUT2D eigenvalue weighted by Gasteiger charge is -2.27. The first kappa shape index (κ1) is 23.3. The van der Waals surface area contributed by atoms with Crippen molar-refractivity contribution in [2.45, 2.75) is 25.4 Å². The number of halogens is 1. The maximum atomic E-state index is 13.2. The Morgan fingerprint density at radius 1 is 0.882 bits per heavy atom. The van der Waals surface area contributed by atoms with Gasteiger partial charge < -0.3 is 15.0 Å². The van der Waals surface area contributed by atoms with Crippen molar-refractivity contribution >= 4 is 46.6 Å². The number of hydrogen-bond donors (Lipinski definition) is 2. The second-order valence-corrected chi connectivity index (χ2v) is 8.31. The molecular formula is C26H24ClN3O4. The third-order valence-electron chi connectivity index (χ3n) is 5.40.